The monoisotopic (exact) mass is 209 g/mol. The quantitative estimate of drug-likeness (QED) is 0.796. The molecule has 0 aliphatic rings. The van der Waals surface area contributed by atoms with Gasteiger partial charge in [0, 0.05) is 18.4 Å². The van der Waals surface area contributed by atoms with Crippen molar-refractivity contribution in [2.24, 2.45) is 11.7 Å². The molecule has 1 rings (SSSR count). The highest BCUT2D eigenvalue weighted by molar-refractivity contribution is 5.08. The second-order valence-corrected chi connectivity index (χ2v) is 4.26. The topological polar surface area (TPSA) is 61.0 Å². The summed E-state index contributed by atoms with van der Waals surface area (Å²) in [7, 11) is 0. The van der Waals surface area contributed by atoms with Gasteiger partial charge in [-0.2, -0.15) is 0 Å². The minimum Gasteiger partial charge on any atom is -0.463 e. The summed E-state index contributed by atoms with van der Waals surface area (Å²) in [6.45, 7) is 6.78. The molecule has 1 heterocycles. The number of hydrogen-bond donors (Lipinski definition) is 1. The third-order valence-electron chi connectivity index (χ3n) is 1.79. The van der Waals surface area contributed by atoms with Gasteiger partial charge < -0.3 is 10.5 Å². The van der Waals surface area contributed by atoms with Gasteiger partial charge in [-0.05, 0) is 24.8 Å². The fourth-order valence-electron chi connectivity index (χ4n) is 1.14. The normalized spacial score (nSPS) is 12.9. The maximum atomic E-state index is 5.67. The largest absolute Gasteiger partial charge is 0.463 e. The summed E-state index contributed by atoms with van der Waals surface area (Å²) in [4.78, 5) is 8.23. The van der Waals surface area contributed by atoms with Gasteiger partial charge in [0.25, 0.3) is 0 Å². The second kappa shape index (κ2) is 5.66. The average molecular weight is 209 g/mol. The molecule has 0 fully saturated rings. The van der Waals surface area contributed by atoms with Crippen LogP contribution in [0.5, 0.6) is 6.01 Å². The molecule has 84 valence electrons. The van der Waals surface area contributed by atoms with E-state index < -0.39 is 0 Å². The van der Waals surface area contributed by atoms with Gasteiger partial charge in [0.05, 0.1) is 6.61 Å². The molecule has 0 spiro atoms. The van der Waals surface area contributed by atoms with Crippen molar-refractivity contribution in [3.05, 3.63) is 18.0 Å². The highest BCUT2D eigenvalue weighted by atomic mass is 16.5. The molecule has 0 saturated heterocycles. The summed E-state index contributed by atoms with van der Waals surface area (Å²) in [6, 6.07) is 0.577. The van der Waals surface area contributed by atoms with Crippen LogP contribution in [0.1, 0.15) is 26.3 Å². The van der Waals surface area contributed by atoms with Gasteiger partial charge in [0.1, 0.15) is 0 Å². The molecule has 0 bridgehead atoms. The van der Waals surface area contributed by atoms with E-state index in [0.29, 0.717) is 18.5 Å². The number of nitrogens with zero attached hydrogens (tertiary/aromatic N) is 2. The lowest BCUT2D eigenvalue weighted by molar-refractivity contribution is 0.250. The Balaban J connectivity index is 2.49. The molecule has 0 saturated carbocycles. The zero-order valence-corrected chi connectivity index (χ0v) is 9.60. The second-order valence-electron chi connectivity index (χ2n) is 4.26. The van der Waals surface area contributed by atoms with E-state index in [2.05, 4.69) is 23.8 Å². The Labute approximate surface area is 90.9 Å². The Kier molecular flexibility index (Phi) is 4.49. The maximum Gasteiger partial charge on any atom is 0.316 e. The zero-order valence-electron chi connectivity index (χ0n) is 9.60. The van der Waals surface area contributed by atoms with Gasteiger partial charge >= 0.3 is 6.01 Å². The minimum atomic E-state index is 0.135. The zero-order chi connectivity index (χ0) is 11.3. The molecule has 0 radical (unpaired) electrons. The summed E-state index contributed by atoms with van der Waals surface area (Å²) < 4.78 is 5.37. The lowest BCUT2D eigenvalue weighted by Crippen LogP contribution is -2.18. The third-order valence-corrected chi connectivity index (χ3v) is 1.79. The Hall–Kier alpha value is -1.16. The van der Waals surface area contributed by atoms with Gasteiger partial charge in [-0.15, -0.1) is 0 Å². The Morgan fingerprint density at radius 1 is 1.27 bits per heavy atom. The Bertz CT molecular complexity index is 282. The van der Waals surface area contributed by atoms with Crippen molar-refractivity contribution in [1.82, 2.24) is 9.97 Å². The van der Waals surface area contributed by atoms with Crippen molar-refractivity contribution in [2.45, 2.75) is 33.2 Å². The molecule has 1 aromatic heterocycles. The first kappa shape index (κ1) is 11.9. The van der Waals surface area contributed by atoms with Crippen molar-refractivity contribution in [3.63, 3.8) is 0 Å². The highest BCUT2D eigenvalue weighted by Gasteiger charge is 2.02. The van der Waals surface area contributed by atoms with Crippen LogP contribution in [0.25, 0.3) is 0 Å². The highest BCUT2D eigenvalue weighted by Crippen LogP contribution is 2.05. The number of rotatable bonds is 5. The van der Waals surface area contributed by atoms with Crippen LogP contribution in [0.4, 0.5) is 0 Å². The fraction of sp³-hybridized carbons (Fsp3) is 0.636. The molecule has 0 amide bonds. The molecule has 1 atom stereocenters. The molecular formula is C11H19N3O. The van der Waals surface area contributed by atoms with E-state index in [1.54, 1.807) is 12.4 Å². The minimum absolute atomic E-state index is 0.135. The van der Waals surface area contributed by atoms with Crippen LogP contribution in [0.2, 0.25) is 0 Å². The standard InChI is InChI=1S/C11H19N3O/c1-8(2)7-15-11-13-5-10(6-14-11)4-9(3)12/h5-6,8-9H,4,7,12H2,1-3H3. The van der Waals surface area contributed by atoms with Crippen molar-refractivity contribution >= 4 is 0 Å². The molecule has 0 aromatic carbocycles. The van der Waals surface area contributed by atoms with Crippen LogP contribution >= 0.6 is 0 Å². The van der Waals surface area contributed by atoms with E-state index in [1.165, 1.54) is 0 Å². The van der Waals surface area contributed by atoms with Crippen LogP contribution in [0, 0.1) is 5.92 Å². The van der Waals surface area contributed by atoms with E-state index in [1.807, 2.05) is 6.92 Å². The molecule has 1 aromatic rings. The van der Waals surface area contributed by atoms with Gasteiger partial charge in [-0.3, -0.25) is 0 Å². The Morgan fingerprint density at radius 2 is 1.87 bits per heavy atom. The first-order chi connectivity index (χ1) is 7.08. The van der Waals surface area contributed by atoms with Crippen LogP contribution in [-0.2, 0) is 6.42 Å². The number of aromatic nitrogens is 2. The summed E-state index contributed by atoms with van der Waals surface area (Å²) >= 11 is 0. The van der Waals surface area contributed by atoms with Crippen LogP contribution in [-0.4, -0.2) is 22.6 Å². The van der Waals surface area contributed by atoms with Crippen LogP contribution in [0.15, 0.2) is 12.4 Å². The van der Waals surface area contributed by atoms with Gasteiger partial charge in [0.2, 0.25) is 0 Å². The molecule has 2 N–H and O–H groups in total. The van der Waals surface area contributed by atoms with Gasteiger partial charge in [-0.25, -0.2) is 9.97 Å². The van der Waals surface area contributed by atoms with E-state index >= 15 is 0 Å². The first-order valence-corrected chi connectivity index (χ1v) is 5.27. The van der Waals surface area contributed by atoms with Crippen molar-refractivity contribution in [3.8, 4) is 6.01 Å². The fourth-order valence-corrected chi connectivity index (χ4v) is 1.14. The predicted molar refractivity (Wildman–Crippen MR) is 59.7 cm³/mol. The SMILES string of the molecule is CC(C)COc1ncc(CC(C)N)cn1. The summed E-state index contributed by atoms with van der Waals surface area (Å²) in [5, 5.41) is 0. The van der Waals surface area contributed by atoms with Crippen LogP contribution < -0.4 is 10.5 Å². The number of ether oxygens (including phenoxy) is 1. The maximum absolute atomic E-state index is 5.67. The van der Waals surface area contributed by atoms with E-state index in [0.717, 1.165) is 12.0 Å². The molecule has 1 unspecified atom stereocenters. The molecule has 4 heteroatoms. The summed E-state index contributed by atoms with van der Waals surface area (Å²) in [5.74, 6) is 0.484. The predicted octanol–water partition coefficient (Wildman–Crippen LogP) is 1.40. The average Bonchev–Trinajstić information content (AvgIpc) is 2.16. The molecule has 4 nitrogen and oxygen atoms in total. The molecule has 15 heavy (non-hydrogen) atoms. The van der Waals surface area contributed by atoms with Gasteiger partial charge in [0.15, 0.2) is 0 Å². The molecule has 0 aliphatic heterocycles. The van der Waals surface area contributed by atoms with E-state index in [-0.39, 0.29) is 6.04 Å². The summed E-state index contributed by atoms with van der Waals surface area (Å²) in [5.41, 5.74) is 6.72. The van der Waals surface area contributed by atoms with E-state index in [9.17, 15) is 0 Å². The van der Waals surface area contributed by atoms with Crippen LogP contribution in [0.3, 0.4) is 0 Å². The third kappa shape index (κ3) is 4.74. The molecule has 0 aliphatic carbocycles. The number of nitrogens with two attached hydrogens (primary N) is 1. The lowest BCUT2D eigenvalue weighted by Gasteiger charge is -2.07. The lowest BCUT2D eigenvalue weighted by atomic mass is 10.1. The molecular weight excluding hydrogens is 190 g/mol. The summed E-state index contributed by atoms with van der Waals surface area (Å²) in [6.07, 6.45) is 4.34. The Morgan fingerprint density at radius 3 is 2.33 bits per heavy atom. The smallest absolute Gasteiger partial charge is 0.316 e. The first-order valence-electron chi connectivity index (χ1n) is 5.27. The number of hydrogen-bond acceptors (Lipinski definition) is 4. The van der Waals surface area contributed by atoms with E-state index in [4.69, 9.17) is 10.5 Å². The van der Waals surface area contributed by atoms with Crippen molar-refractivity contribution in [1.29, 1.82) is 0 Å². The van der Waals surface area contributed by atoms with Crippen molar-refractivity contribution in [2.75, 3.05) is 6.61 Å². The van der Waals surface area contributed by atoms with Gasteiger partial charge in [-0.1, -0.05) is 13.8 Å². The van der Waals surface area contributed by atoms with Crippen molar-refractivity contribution < 1.29 is 4.74 Å².